The van der Waals surface area contributed by atoms with Crippen LogP contribution in [0.4, 0.5) is 0 Å². The Morgan fingerprint density at radius 2 is 0.875 bits per heavy atom. The molecule has 0 aromatic heterocycles. The largest absolute Gasteiger partial charge is 0.0905 e. The molecule has 0 amide bonds. The molecule has 0 unspecified atom stereocenters. The molecule has 0 aliphatic heterocycles. The van der Waals surface area contributed by atoms with Gasteiger partial charge in [0.05, 0.1) is 0 Å². The Morgan fingerprint density at radius 1 is 0.469 bits per heavy atom. The molecule has 5 aromatic carbocycles. The smallest absolute Gasteiger partial charge is 0.0491 e. The minimum Gasteiger partial charge on any atom is -0.0905 e. The molecule has 0 fully saturated rings. The van der Waals surface area contributed by atoms with E-state index in [1.165, 1.54) is 0 Å². The third-order valence-electron chi connectivity index (χ3n) is 5.91. The molecule has 0 atom stereocenters. The highest BCUT2D eigenvalue weighted by Gasteiger charge is 2.22. The summed E-state index contributed by atoms with van der Waals surface area (Å²) in [6.07, 6.45) is 0. The molecule has 0 N–H and O–H groups in total. The normalized spacial score (nSPS) is 11.1. The van der Waals surface area contributed by atoms with Gasteiger partial charge in [-0.3, -0.25) is 0 Å². The third kappa shape index (κ3) is 3.33. The van der Waals surface area contributed by atoms with Crippen LogP contribution >= 0.6 is 23.2 Å². The molecule has 2 heteroatoms. The lowest BCUT2D eigenvalue weighted by molar-refractivity contribution is 1.58. The molecule has 0 aliphatic rings. The average molecular weight is 451 g/mol. The summed E-state index contributed by atoms with van der Waals surface area (Å²) < 4.78 is 0. The lowest BCUT2D eigenvalue weighted by atomic mass is 9.83. The van der Waals surface area contributed by atoms with Crippen molar-refractivity contribution in [3.05, 3.63) is 143 Å². The first kappa shape index (κ1) is 20.6. The summed E-state index contributed by atoms with van der Waals surface area (Å²) in [4.78, 5) is 0. The molecule has 0 nitrogen and oxygen atoms in total. The predicted molar refractivity (Wildman–Crippen MR) is 141 cm³/mol. The van der Waals surface area contributed by atoms with Gasteiger partial charge < -0.3 is 0 Å². The lowest BCUT2D eigenvalue weighted by Gasteiger charge is -2.21. The monoisotopic (exact) mass is 450 g/mol. The van der Waals surface area contributed by atoms with Crippen molar-refractivity contribution in [2.45, 2.75) is 0 Å². The van der Waals surface area contributed by atoms with Crippen LogP contribution in [0.15, 0.2) is 110 Å². The van der Waals surface area contributed by atoms with Gasteiger partial charge in [0, 0.05) is 26.4 Å². The van der Waals surface area contributed by atoms with E-state index in [0.717, 1.165) is 54.9 Å². The number of halogens is 2. The van der Waals surface area contributed by atoms with Gasteiger partial charge in [-0.15, -0.1) is 0 Å². The molecule has 0 bridgehead atoms. The Labute approximate surface area is 198 Å². The van der Waals surface area contributed by atoms with Crippen LogP contribution in [0.5, 0.6) is 0 Å². The first-order valence-corrected chi connectivity index (χ1v) is 11.2. The van der Waals surface area contributed by atoms with Crippen LogP contribution in [-0.2, 0) is 0 Å². The molecule has 0 aliphatic carbocycles. The quantitative estimate of drug-likeness (QED) is 0.239. The maximum atomic E-state index is 6.86. The van der Waals surface area contributed by atoms with Crippen LogP contribution in [0.2, 0.25) is 10.0 Å². The summed E-state index contributed by atoms with van der Waals surface area (Å²) in [5.74, 6) is 0. The van der Waals surface area contributed by atoms with Gasteiger partial charge in [-0.2, -0.15) is 0 Å². The summed E-state index contributed by atoms with van der Waals surface area (Å²) in [6.45, 7) is 8.95. The van der Waals surface area contributed by atoms with Crippen LogP contribution in [-0.4, -0.2) is 0 Å². The SMILES string of the molecule is C=C(c1ccccc1)c1c2cccc(Cl)c2c(C(=C)c2ccccc2)c2c(Cl)cccc12. The third-order valence-corrected chi connectivity index (χ3v) is 6.54. The highest BCUT2D eigenvalue weighted by molar-refractivity contribution is 6.41. The molecular weight excluding hydrogens is 431 g/mol. The molecule has 5 rings (SSSR count). The average Bonchev–Trinajstić information content (AvgIpc) is 2.83. The van der Waals surface area contributed by atoms with Crippen LogP contribution in [0.1, 0.15) is 22.3 Å². The Morgan fingerprint density at radius 3 is 1.31 bits per heavy atom. The van der Waals surface area contributed by atoms with E-state index in [9.17, 15) is 0 Å². The van der Waals surface area contributed by atoms with E-state index in [0.29, 0.717) is 10.0 Å². The summed E-state index contributed by atoms with van der Waals surface area (Å²) in [7, 11) is 0. The Bertz CT molecular complexity index is 1430. The van der Waals surface area contributed by atoms with E-state index in [1.54, 1.807) is 0 Å². The maximum absolute atomic E-state index is 6.86. The van der Waals surface area contributed by atoms with Crippen molar-refractivity contribution in [3.8, 4) is 0 Å². The van der Waals surface area contributed by atoms with Gasteiger partial charge in [0.1, 0.15) is 0 Å². The first-order valence-electron chi connectivity index (χ1n) is 10.4. The Hall–Kier alpha value is -3.32. The minimum absolute atomic E-state index is 0.665. The fourth-order valence-electron chi connectivity index (χ4n) is 4.44. The fraction of sp³-hybridized carbons (Fsp3) is 0. The molecule has 0 radical (unpaired) electrons. The second-order valence-electron chi connectivity index (χ2n) is 7.76. The first-order chi connectivity index (χ1) is 15.6. The Kier molecular flexibility index (Phi) is 5.35. The standard InChI is InChI=1S/C30H20Cl2/c1-19(21-11-5-3-6-12-21)27-23-15-9-17-25(31)29(23)28(20(2)22-13-7-4-8-14-22)30-24(27)16-10-18-26(30)32/h3-18H,1-2H2. The van der Waals surface area contributed by atoms with Gasteiger partial charge in [0.25, 0.3) is 0 Å². The van der Waals surface area contributed by atoms with Crippen molar-refractivity contribution >= 4 is 55.9 Å². The van der Waals surface area contributed by atoms with Crippen LogP contribution < -0.4 is 0 Å². The van der Waals surface area contributed by atoms with E-state index >= 15 is 0 Å². The molecule has 0 saturated heterocycles. The highest BCUT2D eigenvalue weighted by Crippen LogP contribution is 2.46. The topological polar surface area (TPSA) is 0 Å². The maximum Gasteiger partial charge on any atom is 0.0491 e. The van der Waals surface area contributed by atoms with Crippen molar-refractivity contribution in [2.75, 3.05) is 0 Å². The van der Waals surface area contributed by atoms with Gasteiger partial charge in [0.15, 0.2) is 0 Å². The van der Waals surface area contributed by atoms with Crippen LogP contribution in [0, 0.1) is 0 Å². The van der Waals surface area contributed by atoms with Crippen molar-refractivity contribution in [2.24, 2.45) is 0 Å². The summed E-state index contributed by atoms with van der Waals surface area (Å²) in [5, 5.41) is 5.28. The molecule has 5 aromatic rings. The van der Waals surface area contributed by atoms with E-state index in [4.69, 9.17) is 23.2 Å². The van der Waals surface area contributed by atoms with Gasteiger partial charge >= 0.3 is 0 Å². The van der Waals surface area contributed by atoms with Crippen molar-refractivity contribution in [3.63, 3.8) is 0 Å². The molecule has 0 saturated carbocycles. The lowest BCUT2D eigenvalue weighted by Crippen LogP contribution is -1.98. The highest BCUT2D eigenvalue weighted by atomic mass is 35.5. The van der Waals surface area contributed by atoms with Gasteiger partial charge in [-0.05, 0) is 50.7 Å². The van der Waals surface area contributed by atoms with Crippen LogP contribution in [0.3, 0.4) is 0 Å². The summed E-state index contributed by atoms with van der Waals surface area (Å²) in [6, 6.07) is 32.4. The van der Waals surface area contributed by atoms with Crippen molar-refractivity contribution in [1.29, 1.82) is 0 Å². The molecular formula is C30H20Cl2. The second-order valence-corrected chi connectivity index (χ2v) is 8.58. The predicted octanol–water partition coefficient (Wildman–Crippen LogP) is 9.42. The van der Waals surface area contributed by atoms with E-state index in [-0.39, 0.29) is 0 Å². The van der Waals surface area contributed by atoms with Gasteiger partial charge in [-0.25, -0.2) is 0 Å². The van der Waals surface area contributed by atoms with Gasteiger partial charge in [-0.1, -0.05) is 121 Å². The number of hydrogen-bond donors (Lipinski definition) is 0. The Balaban J connectivity index is 1.96. The van der Waals surface area contributed by atoms with Crippen molar-refractivity contribution in [1.82, 2.24) is 0 Å². The number of benzene rings is 5. The summed E-state index contributed by atoms with van der Waals surface area (Å²) in [5.41, 5.74) is 5.91. The molecule has 154 valence electrons. The van der Waals surface area contributed by atoms with Crippen LogP contribution in [0.25, 0.3) is 32.7 Å². The van der Waals surface area contributed by atoms with E-state index in [2.05, 4.69) is 49.6 Å². The van der Waals surface area contributed by atoms with E-state index < -0.39 is 0 Å². The molecule has 32 heavy (non-hydrogen) atoms. The summed E-state index contributed by atoms with van der Waals surface area (Å²) >= 11 is 13.7. The minimum atomic E-state index is 0.665. The zero-order chi connectivity index (χ0) is 22.2. The second kappa shape index (κ2) is 8.31. The number of fused-ring (bicyclic) bond motifs is 2. The van der Waals surface area contributed by atoms with Gasteiger partial charge in [0.2, 0.25) is 0 Å². The fourth-order valence-corrected chi connectivity index (χ4v) is 4.98. The zero-order valence-electron chi connectivity index (χ0n) is 17.4. The van der Waals surface area contributed by atoms with Crippen molar-refractivity contribution < 1.29 is 0 Å². The number of hydrogen-bond acceptors (Lipinski definition) is 0. The zero-order valence-corrected chi connectivity index (χ0v) is 18.9. The molecule has 0 spiro atoms. The molecule has 0 heterocycles. The van der Waals surface area contributed by atoms with E-state index in [1.807, 2.05) is 60.7 Å². The number of rotatable bonds is 4.